The molecule has 0 saturated carbocycles. The fraction of sp³-hybridized carbons (Fsp3) is 0.429. The minimum atomic E-state index is -0.189. The predicted octanol–water partition coefficient (Wildman–Crippen LogP) is 1.83. The molecule has 0 fully saturated rings. The van der Waals surface area contributed by atoms with Crippen LogP contribution in [0, 0.1) is 12.8 Å². The van der Waals surface area contributed by atoms with Gasteiger partial charge in [0, 0.05) is 32.0 Å². The second kappa shape index (κ2) is 4.32. The van der Waals surface area contributed by atoms with Gasteiger partial charge >= 0.3 is 0 Å². The molecule has 0 bridgehead atoms. The predicted molar refractivity (Wildman–Crippen MR) is 66.0 cm³/mol. The van der Waals surface area contributed by atoms with Gasteiger partial charge in [0.25, 0.3) is 0 Å². The first-order valence-corrected chi connectivity index (χ1v) is 5.83. The molecule has 3 heteroatoms. The van der Waals surface area contributed by atoms with Crippen LogP contribution in [0.1, 0.15) is 27.9 Å². The highest BCUT2D eigenvalue weighted by atomic mass is 16.2. The van der Waals surface area contributed by atoms with Gasteiger partial charge in [0.15, 0.2) is 5.78 Å². The summed E-state index contributed by atoms with van der Waals surface area (Å²) in [7, 11) is 3.47. The Morgan fingerprint density at radius 3 is 2.65 bits per heavy atom. The summed E-state index contributed by atoms with van der Waals surface area (Å²) in [6.07, 6.45) is 1.03. The third-order valence-corrected chi connectivity index (χ3v) is 3.38. The summed E-state index contributed by atoms with van der Waals surface area (Å²) in [6, 6.07) is 5.76. The summed E-state index contributed by atoms with van der Waals surface area (Å²) in [5.74, 6) is -0.0477. The topological polar surface area (TPSA) is 37.4 Å². The van der Waals surface area contributed by atoms with E-state index in [0.29, 0.717) is 12.8 Å². The third-order valence-electron chi connectivity index (χ3n) is 3.38. The number of amides is 1. The lowest BCUT2D eigenvalue weighted by Gasteiger charge is -2.26. The molecule has 0 spiro atoms. The number of benzene rings is 1. The first-order chi connectivity index (χ1) is 8.00. The van der Waals surface area contributed by atoms with E-state index < -0.39 is 0 Å². The zero-order chi connectivity index (χ0) is 12.6. The van der Waals surface area contributed by atoms with Crippen LogP contribution in [-0.2, 0) is 11.2 Å². The molecular weight excluding hydrogens is 214 g/mol. The zero-order valence-corrected chi connectivity index (χ0v) is 10.5. The van der Waals surface area contributed by atoms with Crippen molar-refractivity contribution in [2.75, 3.05) is 14.1 Å². The molecule has 1 unspecified atom stereocenters. The quantitative estimate of drug-likeness (QED) is 0.739. The highest BCUT2D eigenvalue weighted by Crippen LogP contribution is 2.28. The number of hydrogen-bond donors (Lipinski definition) is 0. The molecule has 1 aliphatic carbocycles. The van der Waals surface area contributed by atoms with E-state index in [1.807, 2.05) is 25.1 Å². The van der Waals surface area contributed by atoms with Crippen molar-refractivity contribution in [3.05, 3.63) is 34.9 Å². The second-order valence-electron chi connectivity index (χ2n) is 4.86. The fourth-order valence-corrected chi connectivity index (χ4v) is 2.43. The molecule has 0 saturated heterocycles. The Bertz CT molecular complexity index is 477. The molecule has 17 heavy (non-hydrogen) atoms. The van der Waals surface area contributed by atoms with Gasteiger partial charge in [-0.2, -0.15) is 0 Å². The molecule has 1 aromatic carbocycles. The average Bonchev–Trinajstić information content (AvgIpc) is 2.29. The Kier molecular flexibility index (Phi) is 3.01. The van der Waals surface area contributed by atoms with Crippen LogP contribution < -0.4 is 0 Å². The Morgan fingerprint density at radius 1 is 1.29 bits per heavy atom. The molecule has 2 rings (SSSR count). The standard InChI is InChI=1S/C14H17NO2/c1-9-5-4-6-11-12(9)7-10(8-13(11)16)14(17)15(2)3/h4-6,10H,7-8H2,1-3H3. The van der Waals surface area contributed by atoms with Crippen LogP contribution in [-0.4, -0.2) is 30.7 Å². The van der Waals surface area contributed by atoms with Crippen LogP contribution in [0.25, 0.3) is 0 Å². The summed E-state index contributed by atoms with van der Waals surface area (Å²) >= 11 is 0. The monoisotopic (exact) mass is 231 g/mol. The second-order valence-corrected chi connectivity index (χ2v) is 4.86. The van der Waals surface area contributed by atoms with Crippen molar-refractivity contribution in [2.45, 2.75) is 19.8 Å². The fourth-order valence-electron chi connectivity index (χ4n) is 2.43. The van der Waals surface area contributed by atoms with Gasteiger partial charge in [0.2, 0.25) is 5.91 Å². The number of nitrogens with zero attached hydrogens (tertiary/aromatic N) is 1. The van der Waals surface area contributed by atoms with E-state index in [4.69, 9.17) is 0 Å². The molecule has 0 N–H and O–H groups in total. The highest BCUT2D eigenvalue weighted by Gasteiger charge is 2.31. The van der Waals surface area contributed by atoms with Crippen LogP contribution in [0.4, 0.5) is 0 Å². The van der Waals surface area contributed by atoms with Crippen molar-refractivity contribution in [2.24, 2.45) is 5.92 Å². The smallest absolute Gasteiger partial charge is 0.225 e. The van der Waals surface area contributed by atoms with Gasteiger partial charge < -0.3 is 4.90 Å². The normalized spacial score (nSPS) is 18.8. The number of rotatable bonds is 1. The number of ketones is 1. The Labute approximate surface area is 101 Å². The first-order valence-electron chi connectivity index (χ1n) is 5.83. The van der Waals surface area contributed by atoms with E-state index in [2.05, 4.69) is 0 Å². The van der Waals surface area contributed by atoms with E-state index >= 15 is 0 Å². The molecule has 1 aliphatic rings. The molecule has 0 radical (unpaired) electrons. The SMILES string of the molecule is Cc1cccc2c1CC(C(=O)N(C)C)CC2=O. The number of Topliss-reactive ketones (excluding diaryl/α,β-unsaturated/α-hetero) is 1. The highest BCUT2D eigenvalue weighted by molar-refractivity contribution is 6.01. The Morgan fingerprint density at radius 2 is 2.00 bits per heavy atom. The van der Waals surface area contributed by atoms with Crippen molar-refractivity contribution in [3.63, 3.8) is 0 Å². The maximum Gasteiger partial charge on any atom is 0.225 e. The summed E-state index contributed by atoms with van der Waals surface area (Å²) in [6.45, 7) is 1.99. The van der Waals surface area contributed by atoms with Crippen LogP contribution in [0.3, 0.4) is 0 Å². The van der Waals surface area contributed by atoms with Crippen LogP contribution in [0.2, 0.25) is 0 Å². The van der Waals surface area contributed by atoms with Crippen molar-refractivity contribution in [3.8, 4) is 0 Å². The summed E-state index contributed by atoms with van der Waals surface area (Å²) in [4.78, 5) is 25.5. The van der Waals surface area contributed by atoms with Gasteiger partial charge in [-0.1, -0.05) is 18.2 Å². The maximum absolute atomic E-state index is 12.0. The van der Waals surface area contributed by atoms with Crippen molar-refractivity contribution >= 4 is 11.7 Å². The van der Waals surface area contributed by atoms with E-state index in [-0.39, 0.29) is 17.6 Å². The van der Waals surface area contributed by atoms with Gasteiger partial charge in [-0.05, 0) is 24.5 Å². The molecule has 1 amide bonds. The van der Waals surface area contributed by atoms with Crippen LogP contribution in [0.5, 0.6) is 0 Å². The number of carbonyl (C=O) groups excluding carboxylic acids is 2. The molecule has 1 atom stereocenters. The van der Waals surface area contributed by atoms with Gasteiger partial charge in [-0.15, -0.1) is 0 Å². The lowest BCUT2D eigenvalue weighted by Crippen LogP contribution is -2.35. The van der Waals surface area contributed by atoms with Crippen molar-refractivity contribution in [1.82, 2.24) is 4.90 Å². The summed E-state index contributed by atoms with van der Waals surface area (Å²) < 4.78 is 0. The van der Waals surface area contributed by atoms with Crippen molar-refractivity contribution in [1.29, 1.82) is 0 Å². The summed E-state index contributed by atoms with van der Waals surface area (Å²) in [5.41, 5.74) is 2.95. The van der Waals surface area contributed by atoms with Gasteiger partial charge in [0.1, 0.15) is 0 Å². The number of carbonyl (C=O) groups is 2. The first kappa shape index (κ1) is 11.8. The van der Waals surface area contributed by atoms with Gasteiger partial charge in [-0.25, -0.2) is 0 Å². The molecule has 0 aromatic heterocycles. The van der Waals surface area contributed by atoms with Crippen LogP contribution in [0.15, 0.2) is 18.2 Å². The van der Waals surface area contributed by atoms with E-state index in [1.165, 1.54) is 0 Å². The number of fused-ring (bicyclic) bond motifs is 1. The third kappa shape index (κ3) is 2.09. The lowest BCUT2D eigenvalue weighted by molar-refractivity contribution is -0.132. The molecule has 90 valence electrons. The van der Waals surface area contributed by atoms with E-state index in [1.54, 1.807) is 19.0 Å². The van der Waals surface area contributed by atoms with Crippen LogP contribution >= 0.6 is 0 Å². The average molecular weight is 231 g/mol. The van der Waals surface area contributed by atoms with Gasteiger partial charge in [0.05, 0.1) is 0 Å². The molecule has 3 nitrogen and oxygen atoms in total. The van der Waals surface area contributed by atoms with E-state index in [0.717, 1.165) is 16.7 Å². The largest absolute Gasteiger partial charge is 0.349 e. The van der Waals surface area contributed by atoms with Crippen molar-refractivity contribution < 1.29 is 9.59 Å². The number of hydrogen-bond acceptors (Lipinski definition) is 2. The minimum Gasteiger partial charge on any atom is -0.349 e. The molecule has 0 aliphatic heterocycles. The molecule has 1 aromatic rings. The zero-order valence-electron chi connectivity index (χ0n) is 10.5. The molecule has 0 heterocycles. The maximum atomic E-state index is 12.0. The Balaban J connectivity index is 2.36. The minimum absolute atomic E-state index is 0.0484. The lowest BCUT2D eigenvalue weighted by atomic mass is 9.80. The number of aryl methyl sites for hydroxylation is 1. The van der Waals surface area contributed by atoms with E-state index in [9.17, 15) is 9.59 Å². The Hall–Kier alpha value is -1.64. The van der Waals surface area contributed by atoms with Gasteiger partial charge in [-0.3, -0.25) is 9.59 Å². The summed E-state index contributed by atoms with van der Waals surface area (Å²) in [5, 5.41) is 0. The molecular formula is C14H17NO2.